The molecule has 0 radical (unpaired) electrons. The molecule has 0 aromatic rings. The summed E-state index contributed by atoms with van der Waals surface area (Å²) in [5.41, 5.74) is 8.14. The number of hydrogen-bond donors (Lipinski definition) is 0. The molecule has 0 aromatic heterocycles. The van der Waals surface area contributed by atoms with Gasteiger partial charge in [-0.3, -0.25) is 0 Å². The third-order valence-corrected chi connectivity index (χ3v) is 95.1. The molecule has 4 atom stereocenters. The molecule has 0 amide bonds. The third kappa shape index (κ3) is 3.19. The molecule has 0 saturated carbocycles. The fourth-order valence-electron chi connectivity index (χ4n) is 4.52. The van der Waals surface area contributed by atoms with Crippen LogP contribution in [0.25, 0.3) is 0 Å². The summed E-state index contributed by atoms with van der Waals surface area (Å²) in [6.07, 6.45) is -2.62. The van der Waals surface area contributed by atoms with Crippen molar-refractivity contribution in [3.05, 3.63) is 49.1 Å². The predicted octanol–water partition coefficient (Wildman–Crippen LogP) is 3.54. The Morgan fingerprint density at radius 2 is 0.640 bits per heavy atom. The molecule has 0 heterocycles. The van der Waals surface area contributed by atoms with Gasteiger partial charge in [0.2, 0.25) is 31.3 Å². The van der Waals surface area contributed by atoms with Crippen molar-refractivity contribution in [3.8, 4) is 0 Å². The normalized spacial score (nSPS) is 23.7. The number of rotatable bonds is 12. The van der Waals surface area contributed by atoms with Crippen molar-refractivity contribution in [1.29, 1.82) is 0 Å². The average Bonchev–Trinajstić information content (AvgIpc) is 2.66. The topological polar surface area (TPSA) is 36.9 Å². The van der Waals surface area contributed by atoms with E-state index < -0.39 is 37.5 Å². The van der Waals surface area contributed by atoms with E-state index in [0.29, 0.717) is 0 Å². The van der Waals surface area contributed by atoms with E-state index in [-0.39, 0.29) is 0 Å². The molecule has 0 spiro atoms. The smallest absolute Gasteiger partial charge is 0.201 e. The van der Waals surface area contributed by atoms with Crippen molar-refractivity contribution in [2.75, 3.05) is 28.4 Å². The largest absolute Gasteiger partial charge is 0.420 e. The predicted molar refractivity (Wildman–Crippen MR) is 121 cm³/mol. The molecule has 0 N–H and O–H groups in total. The second-order valence-corrected chi connectivity index (χ2v) is 50.3. The molecule has 25 heavy (non-hydrogen) atoms. The maximum Gasteiger partial charge on any atom is 0.201 e. The molecule has 0 aliphatic heterocycles. The molecule has 0 saturated heterocycles. The van der Waals surface area contributed by atoms with Crippen molar-refractivity contribution in [2.24, 2.45) is 0 Å². The molecular weight excluding hydrogens is 397 g/mol. The average molecular weight is 433 g/mol. The summed E-state index contributed by atoms with van der Waals surface area (Å²) < 4.78 is 25.2. The zero-order chi connectivity index (χ0) is 20.2. The van der Waals surface area contributed by atoms with Gasteiger partial charge >= 0.3 is 0 Å². The highest BCUT2D eigenvalue weighted by molar-refractivity contribution is 8.06. The monoisotopic (exact) mass is 432 g/mol. The second kappa shape index (κ2) is 8.72. The summed E-state index contributed by atoms with van der Waals surface area (Å²) >= 11 is 0. The Kier molecular flexibility index (Phi) is 8.67. The van der Waals surface area contributed by atoms with E-state index in [4.69, 9.17) is 17.7 Å². The molecule has 0 aliphatic carbocycles. The highest BCUT2D eigenvalue weighted by Crippen LogP contribution is 2.45. The van der Waals surface area contributed by atoms with Crippen LogP contribution in [0.4, 0.5) is 0 Å². The molecule has 0 rings (SSSR count). The van der Waals surface area contributed by atoms with Gasteiger partial charge in [0.1, 0.15) is 0 Å². The molecular formula is C16H36O4Si5. The summed E-state index contributed by atoms with van der Waals surface area (Å²) in [4.78, 5) is 0. The van der Waals surface area contributed by atoms with Crippen LogP contribution in [0, 0.1) is 0 Å². The van der Waals surface area contributed by atoms with Crippen molar-refractivity contribution in [3.63, 3.8) is 0 Å². The van der Waals surface area contributed by atoms with E-state index in [1.807, 2.05) is 22.8 Å². The van der Waals surface area contributed by atoms with Gasteiger partial charge in [-0.25, -0.2) is 0 Å². The maximum atomic E-state index is 6.31. The standard InChI is InChI=1S/C16H36O4Si5/c1-13-21(9,17-5)25(22(10,14-2)18-6,23(11,15-3)19-7)24(12,16-4)20-8/h13-16H,1-4H2,5-12H3. The first-order valence-electron chi connectivity index (χ1n) is 8.24. The molecule has 0 aliphatic rings. The van der Waals surface area contributed by atoms with Crippen molar-refractivity contribution < 1.29 is 17.7 Å². The van der Waals surface area contributed by atoms with E-state index in [0.717, 1.165) is 0 Å². The minimum atomic E-state index is -2.62. The van der Waals surface area contributed by atoms with Crippen molar-refractivity contribution in [2.45, 2.75) is 26.2 Å². The van der Waals surface area contributed by atoms with Gasteiger partial charge in [-0.05, 0) is 26.2 Å². The first-order chi connectivity index (χ1) is 11.5. The Hall–Kier alpha value is -0.116. The second-order valence-electron chi connectivity index (χ2n) is 6.81. The molecule has 4 nitrogen and oxygen atoms in total. The van der Waals surface area contributed by atoms with Crippen LogP contribution in [-0.2, 0) is 17.7 Å². The summed E-state index contributed by atoms with van der Waals surface area (Å²) in [7, 11) is -2.91. The van der Waals surface area contributed by atoms with Gasteiger partial charge in [0.25, 0.3) is 0 Å². The lowest BCUT2D eigenvalue weighted by Crippen LogP contribution is -2.97. The van der Waals surface area contributed by atoms with E-state index in [9.17, 15) is 0 Å². The van der Waals surface area contributed by atoms with Gasteiger partial charge in [0, 0.05) is 28.4 Å². The van der Waals surface area contributed by atoms with E-state index in [2.05, 4.69) is 52.5 Å². The fraction of sp³-hybridized carbons (Fsp3) is 0.500. The Morgan fingerprint density at radius 3 is 0.720 bits per heavy atom. The number of hydrogen-bond acceptors (Lipinski definition) is 4. The summed E-state index contributed by atoms with van der Waals surface area (Å²) in [6, 6.07) is 0. The molecule has 4 unspecified atom stereocenters. The van der Waals surface area contributed by atoms with Crippen LogP contribution in [0.15, 0.2) is 49.1 Å². The SMILES string of the molecule is C=C[Si](C)(OC)[Si]([Si](C)(C=C)OC)([Si](C)(C=C)OC)[Si](C)(C=C)OC. The summed E-state index contributed by atoms with van der Waals surface area (Å²) in [5.74, 6) is 0. The Balaban J connectivity index is 7.74. The van der Waals surface area contributed by atoms with E-state index >= 15 is 0 Å². The Bertz CT molecular complexity index is 437. The minimum Gasteiger partial charge on any atom is -0.420 e. The fourth-order valence-corrected chi connectivity index (χ4v) is 114. The zero-order valence-corrected chi connectivity index (χ0v) is 22.3. The Morgan fingerprint density at radius 1 is 0.480 bits per heavy atom. The van der Waals surface area contributed by atoms with Crippen molar-refractivity contribution in [1.82, 2.24) is 0 Å². The van der Waals surface area contributed by atoms with Gasteiger partial charge in [-0.1, -0.05) is 22.8 Å². The molecule has 144 valence electrons. The lowest BCUT2D eigenvalue weighted by molar-refractivity contribution is 0.400. The lowest BCUT2D eigenvalue weighted by atomic mass is 11.3. The van der Waals surface area contributed by atoms with Crippen LogP contribution >= 0.6 is 0 Å². The molecule has 0 fully saturated rings. The maximum absolute atomic E-state index is 6.31. The van der Waals surface area contributed by atoms with E-state index in [1.165, 1.54) is 0 Å². The van der Waals surface area contributed by atoms with Crippen LogP contribution in [0.2, 0.25) is 26.2 Å². The summed E-state index contributed by atoms with van der Waals surface area (Å²) in [6.45, 7) is 25.6. The highest BCUT2D eigenvalue weighted by atomic mass is 30.2. The van der Waals surface area contributed by atoms with Crippen LogP contribution in [0.1, 0.15) is 0 Å². The zero-order valence-electron chi connectivity index (χ0n) is 17.3. The van der Waals surface area contributed by atoms with Gasteiger partial charge in [0.15, 0.2) is 6.14 Å². The first kappa shape index (κ1) is 24.9. The van der Waals surface area contributed by atoms with E-state index in [1.54, 1.807) is 28.4 Å². The Labute approximate surface area is 158 Å². The van der Waals surface area contributed by atoms with Crippen LogP contribution in [-0.4, -0.2) is 65.9 Å². The third-order valence-electron chi connectivity index (χ3n) is 6.23. The first-order valence-corrected chi connectivity index (χ1v) is 24.2. The van der Waals surface area contributed by atoms with Crippen molar-refractivity contribution >= 4 is 37.5 Å². The molecule has 0 aromatic carbocycles. The van der Waals surface area contributed by atoms with Gasteiger partial charge in [-0.15, -0.1) is 26.3 Å². The van der Waals surface area contributed by atoms with Gasteiger partial charge in [-0.2, -0.15) is 0 Å². The van der Waals surface area contributed by atoms with Crippen LogP contribution in [0.3, 0.4) is 0 Å². The molecule has 9 heteroatoms. The molecule has 0 bridgehead atoms. The van der Waals surface area contributed by atoms with Gasteiger partial charge in [0.05, 0.1) is 0 Å². The van der Waals surface area contributed by atoms with Gasteiger partial charge < -0.3 is 17.7 Å². The van der Waals surface area contributed by atoms with Crippen LogP contribution in [0.5, 0.6) is 0 Å². The van der Waals surface area contributed by atoms with Crippen LogP contribution < -0.4 is 0 Å². The lowest BCUT2D eigenvalue weighted by Gasteiger charge is -2.61. The highest BCUT2D eigenvalue weighted by Gasteiger charge is 2.81. The minimum absolute atomic E-state index is 1.78. The quantitative estimate of drug-likeness (QED) is 0.442. The summed E-state index contributed by atoms with van der Waals surface area (Å²) in [5, 5.41) is 0.